The van der Waals surface area contributed by atoms with Crippen LogP contribution in [0.3, 0.4) is 0 Å². The number of nitrogens with one attached hydrogen (secondary N) is 2. The maximum Gasteiger partial charge on any atom is 0.225 e. The Bertz CT molecular complexity index is 80.2. The molecule has 0 bridgehead atoms. The second-order valence-electron chi connectivity index (χ2n) is 0.912. The van der Waals surface area contributed by atoms with Gasteiger partial charge in [0, 0.05) is 0 Å². The molecule has 1 amide bonds. The summed E-state index contributed by atoms with van der Waals surface area (Å²) in [5.41, 5.74) is 9.30. The fourth-order valence-electron chi connectivity index (χ4n) is 0.122. The van der Waals surface area contributed by atoms with Crippen LogP contribution < -0.4 is 16.6 Å². The highest BCUT2D eigenvalue weighted by Gasteiger charge is 1.72. The van der Waals surface area contributed by atoms with Gasteiger partial charge >= 0.3 is 0 Å². The van der Waals surface area contributed by atoms with Crippen LogP contribution in [0.4, 0.5) is 0 Å². The first-order valence-corrected chi connectivity index (χ1v) is 1.67. The molecule has 4 nitrogen and oxygen atoms in total. The first-order valence-electron chi connectivity index (χ1n) is 1.67. The van der Waals surface area contributed by atoms with E-state index >= 15 is 0 Å². The lowest BCUT2D eigenvalue weighted by molar-refractivity contribution is -0.110. The Hall–Kier alpha value is -1.19. The van der Waals surface area contributed by atoms with Crippen molar-refractivity contribution in [3.05, 3.63) is 12.4 Å². The molecule has 0 aliphatic carbocycles. The number of carbonyl (C=O) groups excluding carboxylic acids is 1. The van der Waals surface area contributed by atoms with Crippen LogP contribution in [0.2, 0.25) is 0 Å². The van der Waals surface area contributed by atoms with Crippen LogP contribution in [0.1, 0.15) is 0 Å². The van der Waals surface area contributed by atoms with Crippen LogP contribution in [0.5, 0.6) is 0 Å². The van der Waals surface area contributed by atoms with E-state index < -0.39 is 0 Å². The number of amides is 1. The molecule has 0 aliphatic heterocycles. The van der Waals surface area contributed by atoms with Crippen molar-refractivity contribution in [1.82, 2.24) is 10.9 Å². The molecule has 40 valence electrons. The van der Waals surface area contributed by atoms with Crippen LogP contribution >= 0.6 is 0 Å². The highest BCUT2D eigenvalue weighted by Crippen LogP contribution is 1.53. The van der Waals surface area contributed by atoms with Gasteiger partial charge in [0.15, 0.2) is 0 Å². The highest BCUT2D eigenvalue weighted by molar-refractivity contribution is 5.45. The molecule has 0 fully saturated rings. The zero-order valence-corrected chi connectivity index (χ0v) is 3.77. The third-order valence-electron chi connectivity index (χ3n) is 0.292. The molecule has 0 aromatic rings. The molecule has 0 atom stereocenters. The van der Waals surface area contributed by atoms with Crippen molar-refractivity contribution in [3.8, 4) is 0 Å². The van der Waals surface area contributed by atoms with Gasteiger partial charge in [0.25, 0.3) is 0 Å². The van der Waals surface area contributed by atoms with Gasteiger partial charge < -0.3 is 5.73 Å². The molecule has 0 saturated carbocycles. The van der Waals surface area contributed by atoms with Gasteiger partial charge in [-0.1, -0.05) is 6.58 Å². The first-order chi connectivity index (χ1) is 3.27. The van der Waals surface area contributed by atoms with Crippen LogP contribution in [-0.4, -0.2) is 6.41 Å². The Morgan fingerprint density at radius 3 is 2.57 bits per heavy atom. The number of hydrogen-bond acceptors (Lipinski definition) is 3. The zero-order chi connectivity index (χ0) is 5.70. The van der Waals surface area contributed by atoms with Gasteiger partial charge in [-0.05, 0) is 0 Å². The average molecular weight is 101 g/mol. The summed E-state index contributed by atoms with van der Waals surface area (Å²) < 4.78 is 0. The van der Waals surface area contributed by atoms with E-state index in [1.165, 1.54) is 0 Å². The molecule has 0 aromatic carbocycles. The number of hydrazine groups is 1. The number of carbonyl (C=O) groups is 1. The number of hydrogen-bond donors (Lipinski definition) is 3. The molecule has 7 heavy (non-hydrogen) atoms. The van der Waals surface area contributed by atoms with E-state index in [2.05, 4.69) is 17.4 Å². The third kappa shape index (κ3) is 4.81. The molecule has 0 unspecified atom stereocenters. The molecule has 0 spiro atoms. The maximum absolute atomic E-state index is 9.44. The summed E-state index contributed by atoms with van der Waals surface area (Å²) in [6.45, 7) is 3.24. The summed E-state index contributed by atoms with van der Waals surface area (Å²) in [4.78, 5) is 9.44. The van der Waals surface area contributed by atoms with E-state index in [0.29, 0.717) is 6.41 Å². The van der Waals surface area contributed by atoms with Crippen molar-refractivity contribution in [2.24, 2.45) is 5.73 Å². The fraction of sp³-hybridized carbons (Fsp3) is 0. The largest absolute Gasteiger partial charge is 0.385 e. The van der Waals surface area contributed by atoms with E-state index in [1.807, 2.05) is 0 Å². The van der Waals surface area contributed by atoms with Crippen LogP contribution in [-0.2, 0) is 4.79 Å². The molecule has 0 heterocycles. The van der Waals surface area contributed by atoms with Crippen molar-refractivity contribution in [2.75, 3.05) is 0 Å². The quantitative estimate of drug-likeness (QED) is 0.304. The zero-order valence-electron chi connectivity index (χ0n) is 3.77. The van der Waals surface area contributed by atoms with Crippen molar-refractivity contribution in [2.45, 2.75) is 0 Å². The van der Waals surface area contributed by atoms with Crippen LogP contribution in [0.15, 0.2) is 12.4 Å². The van der Waals surface area contributed by atoms with E-state index in [0.717, 1.165) is 0 Å². The lowest BCUT2D eigenvalue weighted by atomic mass is 10.9. The number of nitrogens with two attached hydrogens (primary N) is 1. The van der Waals surface area contributed by atoms with Crippen molar-refractivity contribution in [1.29, 1.82) is 0 Å². The van der Waals surface area contributed by atoms with Gasteiger partial charge in [-0.25, -0.2) is 0 Å². The summed E-state index contributed by atoms with van der Waals surface area (Å²) in [6, 6.07) is 0. The molecule has 0 saturated heterocycles. The molecular formula is C3H7N3O. The van der Waals surface area contributed by atoms with E-state index in [9.17, 15) is 4.79 Å². The first kappa shape index (κ1) is 5.81. The highest BCUT2D eigenvalue weighted by atomic mass is 16.1. The lowest BCUT2D eigenvalue weighted by Crippen LogP contribution is -2.32. The monoisotopic (exact) mass is 101 g/mol. The van der Waals surface area contributed by atoms with Gasteiger partial charge in [-0.2, -0.15) is 0 Å². The smallest absolute Gasteiger partial charge is 0.225 e. The Balaban J connectivity index is 2.97. The van der Waals surface area contributed by atoms with E-state index in [1.54, 1.807) is 0 Å². The molecule has 4 heteroatoms. The summed E-state index contributed by atoms with van der Waals surface area (Å²) in [5.74, 6) is 0.215. The Morgan fingerprint density at radius 2 is 2.43 bits per heavy atom. The van der Waals surface area contributed by atoms with Crippen molar-refractivity contribution in [3.63, 3.8) is 0 Å². The Kier molecular flexibility index (Phi) is 2.50. The minimum absolute atomic E-state index is 0.215. The van der Waals surface area contributed by atoms with Gasteiger partial charge in [-0.15, -0.1) is 0 Å². The van der Waals surface area contributed by atoms with Gasteiger partial charge in [-0.3, -0.25) is 15.6 Å². The van der Waals surface area contributed by atoms with Crippen LogP contribution in [0.25, 0.3) is 0 Å². The Labute approximate surface area is 41.4 Å². The Morgan fingerprint density at radius 1 is 1.86 bits per heavy atom. The summed E-state index contributed by atoms with van der Waals surface area (Å²) in [6.07, 6.45) is 0.470. The molecule has 0 aliphatic rings. The van der Waals surface area contributed by atoms with Gasteiger partial charge in [0.05, 0.1) is 0 Å². The molecule has 0 aromatic heterocycles. The van der Waals surface area contributed by atoms with Gasteiger partial charge in [0.2, 0.25) is 6.41 Å². The topological polar surface area (TPSA) is 67.2 Å². The lowest BCUT2D eigenvalue weighted by Gasteiger charge is -1.97. The molecule has 0 radical (unpaired) electrons. The van der Waals surface area contributed by atoms with Crippen molar-refractivity contribution < 1.29 is 4.79 Å². The van der Waals surface area contributed by atoms with E-state index in [4.69, 9.17) is 5.73 Å². The SMILES string of the molecule is C=C(N)NNC=O. The van der Waals surface area contributed by atoms with Crippen LogP contribution in [0, 0.1) is 0 Å². The summed E-state index contributed by atoms with van der Waals surface area (Å²) >= 11 is 0. The second kappa shape index (κ2) is 3.02. The average Bonchev–Trinajstić information content (AvgIpc) is 1.61. The summed E-state index contributed by atoms with van der Waals surface area (Å²) in [5, 5.41) is 0. The van der Waals surface area contributed by atoms with Crippen molar-refractivity contribution >= 4 is 6.41 Å². The predicted molar refractivity (Wildman–Crippen MR) is 25.7 cm³/mol. The molecule has 0 rings (SSSR count). The second-order valence-corrected chi connectivity index (χ2v) is 0.912. The summed E-state index contributed by atoms with van der Waals surface area (Å²) in [7, 11) is 0. The standard InChI is InChI=1S/C3H7N3O/c1-3(4)6-5-2-7/h2,6H,1,4H2,(H,5,7). The normalized spacial score (nSPS) is 6.86. The molecular weight excluding hydrogens is 94.1 g/mol. The third-order valence-corrected chi connectivity index (χ3v) is 0.292. The van der Waals surface area contributed by atoms with Gasteiger partial charge in [0.1, 0.15) is 5.82 Å². The predicted octanol–water partition coefficient (Wildman–Crippen LogP) is -1.33. The molecule has 4 N–H and O–H groups in total. The maximum atomic E-state index is 9.44. The minimum Gasteiger partial charge on any atom is -0.385 e. The van der Waals surface area contributed by atoms with E-state index in [-0.39, 0.29) is 5.82 Å². The number of rotatable bonds is 3. The fourth-order valence-corrected chi connectivity index (χ4v) is 0.122. The minimum atomic E-state index is 0.215.